The average molecular weight is 210 g/mol. The molecule has 0 aromatic carbocycles. The van der Waals surface area contributed by atoms with Crippen molar-refractivity contribution >= 4 is 5.91 Å². The molecule has 0 radical (unpaired) electrons. The zero-order valence-corrected chi connectivity index (χ0v) is 8.60. The Hall–Kier alpha value is -1.43. The quantitative estimate of drug-likeness (QED) is 0.671. The highest BCUT2D eigenvalue weighted by molar-refractivity contribution is 5.86. The van der Waals surface area contributed by atoms with Crippen molar-refractivity contribution in [3.8, 4) is 0 Å². The maximum Gasteiger partial charge on any atom is 0.247 e. The highest BCUT2D eigenvalue weighted by Crippen LogP contribution is 2.42. The molecule has 1 aromatic rings. The first-order chi connectivity index (χ1) is 7.23. The number of aromatic nitrogens is 3. The van der Waals surface area contributed by atoms with Gasteiger partial charge in [-0.3, -0.25) is 4.79 Å². The standard InChI is InChI=1S/C9H14N4O2/c1-10-8(15)9(3-4-9)13-6-7(2-5-14)11-12-13/h6,14H,2-5H2,1H3,(H,10,15). The molecule has 1 fully saturated rings. The molecular formula is C9H14N4O2. The predicted molar refractivity (Wildman–Crippen MR) is 52.1 cm³/mol. The topological polar surface area (TPSA) is 80.0 Å². The van der Waals surface area contributed by atoms with Gasteiger partial charge in [-0.1, -0.05) is 5.21 Å². The molecule has 0 atom stereocenters. The van der Waals surface area contributed by atoms with Crippen molar-refractivity contribution in [2.24, 2.45) is 0 Å². The second-order valence-corrected chi connectivity index (χ2v) is 3.74. The molecule has 0 aliphatic heterocycles. The second kappa shape index (κ2) is 3.62. The summed E-state index contributed by atoms with van der Waals surface area (Å²) in [4.78, 5) is 11.6. The Kier molecular flexibility index (Phi) is 2.44. The summed E-state index contributed by atoms with van der Waals surface area (Å²) in [6.07, 6.45) is 3.81. The van der Waals surface area contributed by atoms with Crippen LogP contribution in [0.3, 0.4) is 0 Å². The number of nitrogens with one attached hydrogen (secondary N) is 1. The molecule has 0 spiro atoms. The van der Waals surface area contributed by atoms with Crippen LogP contribution in [-0.2, 0) is 16.8 Å². The smallest absolute Gasteiger partial charge is 0.247 e. The van der Waals surface area contributed by atoms with E-state index in [0.29, 0.717) is 12.1 Å². The Bertz CT molecular complexity index is 370. The van der Waals surface area contributed by atoms with Crippen molar-refractivity contribution in [2.45, 2.75) is 24.8 Å². The van der Waals surface area contributed by atoms with Crippen LogP contribution in [-0.4, -0.2) is 39.7 Å². The summed E-state index contributed by atoms with van der Waals surface area (Å²) in [6, 6.07) is 0. The summed E-state index contributed by atoms with van der Waals surface area (Å²) in [5.74, 6) is -0.0250. The molecule has 6 heteroatoms. The van der Waals surface area contributed by atoms with E-state index in [2.05, 4.69) is 15.6 Å². The van der Waals surface area contributed by atoms with Crippen LogP contribution in [0.2, 0.25) is 0 Å². The van der Waals surface area contributed by atoms with Crippen molar-refractivity contribution < 1.29 is 9.90 Å². The minimum atomic E-state index is -0.518. The summed E-state index contributed by atoms with van der Waals surface area (Å²) in [5, 5.41) is 19.2. The molecule has 2 rings (SSSR count). The molecule has 1 aliphatic rings. The van der Waals surface area contributed by atoms with E-state index in [1.54, 1.807) is 17.9 Å². The second-order valence-electron chi connectivity index (χ2n) is 3.74. The van der Waals surface area contributed by atoms with Crippen molar-refractivity contribution in [1.82, 2.24) is 20.3 Å². The number of hydrogen-bond donors (Lipinski definition) is 2. The van der Waals surface area contributed by atoms with E-state index in [0.717, 1.165) is 12.8 Å². The number of likely N-dealkylation sites (N-methyl/N-ethyl adjacent to an activating group) is 1. The highest BCUT2D eigenvalue weighted by Gasteiger charge is 2.52. The molecule has 1 heterocycles. The van der Waals surface area contributed by atoms with Gasteiger partial charge in [-0.2, -0.15) is 0 Å². The van der Waals surface area contributed by atoms with Crippen LogP contribution in [0.25, 0.3) is 0 Å². The van der Waals surface area contributed by atoms with Gasteiger partial charge in [-0.15, -0.1) is 5.10 Å². The molecule has 0 saturated heterocycles. The van der Waals surface area contributed by atoms with E-state index in [9.17, 15) is 4.79 Å². The lowest BCUT2D eigenvalue weighted by molar-refractivity contribution is -0.125. The molecule has 2 N–H and O–H groups in total. The Morgan fingerprint density at radius 1 is 1.73 bits per heavy atom. The lowest BCUT2D eigenvalue weighted by atomic mass is 10.2. The molecule has 1 aliphatic carbocycles. The highest BCUT2D eigenvalue weighted by atomic mass is 16.3. The summed E-state index contributed by atoms with van der Waals surface area (Å²) < 4.78 is 1.61. The van der Waals surface area contributed by atoms with E-state index in [-0.39, 0.29) is 12.5 Å². The molecule has 82 valence electrons. The van der Waals surface area contributed by atoms with Crippen molar-refractivity contribution in [1.29, 1.82) is 0 Å². The van der Waals surface area contributed by atoms with Crippen LogP contribution in [0.15, 0.2) is 6.20 Å². The fourth-order valence-corrected chi connectivity index (χ4v) is 1.65. The third kappa shape index (κ3) is 1.61. The monoisotopic (exact) mass is 210 g/mol. The van der Waals surface area contributed by atoms with Crippen molar-refractivity contribution in [2.75, 3.05) is 13.7 Å². The zero-order chi connectivity index (χ0) is 10.9. The van der Waals surface area contributed by atoms with E-state index < -0.39 is 5.54 Å². The summed E-state index contributed by atoms with van der Waals surface area (Å²) in [7, 11) is 1.62. The van der Waals surface area contributed by atoms with Gasteiger partial charge < -0.3 is 10.4 Å². The third-order valence-corrected chi connectivity index (χ3v) is 2.72. The van der Waals surface area contributed by atoms with E-state index in [4.69, 9.17) is 5.11 Å². The maximum absolute atomic E-state index is 11.6. The van der Waals surface area contributed by atoms with Crippen LogP contribution in [0.4, 0.5) is 0 Å². The van der Waals surface area contributed by atoms with Gasteiger partial charge in [0.15, 0.2) is 0 Å². The van der Waals surface area contributed by atoms with Crippen molar-refractivity contribution in [3.63, 3.8) is 0 Å². The first kappa shape index (κ1) is 10.1. The number of carbonyl (C=O) groups is 1. The Morgan fingerprint density at radius 3 is 3.00 bits per heavy atom. The molecular weight excluding hydrogens is 196 g/mol. The number of hydrogen-bond acceptors (Lipinski definition) is 4. The van der Waals surface area contributed by atoms with Crippen LogP contribution < -0.4 is 5.32 Å². The maximum atomic E-state index is 11.6. The number of aliphatic hydroxyl groups is 1. The van der Waals surface area contributed by atoms with Crippen molar-refractivity contribution in [3.05, 3.63) is 11.9 Å². The molecule has 1 amide bonds. The third-order valence-electron chi connectivity index (χ3n) is 2.72. The predicted octanol–water partition coefficient (Wildman–Crippen LogP) is -0.952. The molecule has 0 unspecified atom stereocenters. The van der Waals surface area contributed by atoms with Gasteiger partial charge >= 0.3 is 0 Å². The number of carbonyl (C=O) groups excluding carboxylic acids is 1. The Morgan fingerprint density at radius 2 is 2.47 bits per heavy atom. The SMILES string of the molecule is CNC(=O)C1(n2cc(CCO)nn2)CC1. The first-order valence-electron chi connectivity index (χ1n) is 4.98. The molecule has 6 nitrogen and oxygen atoms in total. The molecule has 1 saturated carbocycles. The number of rotatable bonds is 4. The minimum Gasteiger partial charge on any atom is -0.396 e. The average Bonchev–Trinajstić information content (AvgIpc) is 2.93. The van der Waals surface area contributed by atoms with Gasteiger partial charge in [-0.25, -0.2) is 4.68 Å². The van der Waals surface area contributed by atoms with Gasteiger partial charge in [0.2, 0.25) is 5.91 Å². The van der Waals surface area contributed by atoms with Crippen LogP contribution >= 0.6 is 0 Å². The first-order valence-corrected chi connectivity index (χ1v) is 4.98. The largest absolute Gasteiger partial charge is 0.396 e. The lowest BCUT2D eigenvalue weighted by Crippen LogP contribution is -2.37. The van der Waals surface area contributed by atoms with Gasteiger partial charge in [0.05, 0.1) is 5.69 Å². The fraction of sp³-hybridized carbons (Fsp3) is 0.667. The molecule has 0 bridgehead atoms. The van der Waals surface area contributed by atoms with Crippen LogP contribution in [0.5, 0.6) is 0 Å². The number of aliphatic hydroxyl groups excluding tert-OH is 1. The fourth-order valence-electron chi connectivity index (χ4n) is 1.65. The normalized spacial score (nSPS) is 17.5. The lowest BCUT2D eigenvalue weighted by Gasteiger charge is -2.12. The minimum absolute atomic E-state index is 0.0250. The van der Waals surface area contributed by atoms with E-state index >= 15 is 0 Å². The zero-order valence-electron chi connectivity index (χ0n) is 8.60. The number of amides is 1. The molecule has 15 heavy (non-hydrogen) atoms. The van der Waals surface area contributed by atoms with E-state index in [1.807, 2.05) is 0 Å². The van der Waals surface area contributed by atoms with Crippen LogP contribution in [0, 0.1) is 0 Å². The van der Waals surface area contributed by atoms with Gasteiger partial charge in [0, 0.05) is 26.3 Å². The van der Waals surface area contributed by atoms with Gasteiger partial charge in [-0.05, 0) is 12.8 Å². The van der Waals surface area contributed by atoms with Crippen LogP contribution in [0.1, 0.15) is 18.5 Å². The summed E-state index contributed by atoms with van der Waals surface area (Å²) in [5.41, 5.74) is 0.197. The Labute approximate surface area is 87.3 Å². The summed E-state index contributed by atoms with van der Waals surface area (Å²) in [6.45, 7) is 0.0473. The number of nitrogens with zero attached hydrogens (tertiary/aromatic N) is 3. The van der Waals surface area contributed by atoms with E-state index in [1.165, 1.54) is 0 Å². The Balaban J connectivity index is 2.18. The van der Waals surface area contributed by atoms with Gasteiger partial charge in [0.25, 0.3) is 0 Å². The summed E-state index contributed by atoms with van der Waals surface area (Å²) >= 11 is 0. The van der Waals surface area contributed by atoms with Gasteiger partial charge in [0.1, 0.15) is 5.54 Å². The molecule has 1 aromatic heterocycles.